The van der Waals surface area contributed by atoms with E-state index in [2.05, 4.69) is 22.2 Å². The predicted octanol–water partition coefficient (Wildman–Crippen LogP) is 1.18. The summed E-state index contributed by atoms with van der Waals surface area (Å²) in [6.07, 6.45) is 2.43. The van der Waals surface area contributed by atoms with Crippen molar-refractivity contribution < 1.29 is 0 Å². The number of imidazole rings is 1. The Balaban J connectivity index is 2.03. The number of rotatable bonds is 2. The summed E-state index contributed by atoms with van der Waals surface area (Å²) >= 11 is 0. The minimum absolute atomic E-state index is 0.793. The van der Waals surface area contributed by atoms with E-state index in [-0.39, 0.29) is 0 Å². The summed E-state index contributed by atoms with van der Waals surface area (Å²) in [5, 5.41) is 3.38. The molecule has 1 unspecified atom stereocenters. The third kappa shape index (κ3) is 1.91. The normalized spacial score (nSPS) is 22.5. The Morgan fingerprint density at radius 3 is 2.85 bits per heavy atom. The van der Waals surface area contributed by atoms with E-state index in [1.54, 1.807) is 0 Å². The van der Waals surface area contributed by atoms with Crippen LogP contribution in [0.4, 0.5) is 0 Å². The van der Waals surface area contributed by atoms with Crippen LogP contribution in [0.3, 0.4) is 0 Å². The lowest BCUT2D eigenvalue weighted by molar-refractivity contribution is 0.571. The third-order valence-corrected chi connectivity index (χ3v) is 2.75. The van der Waals surface area contributed by atoms with Crippen LogP contribution in [-0.2, 0) is 6.42 Å². The van der Waals surface area contributed by atoms with Crippen LogP contribution < -0.4 is 5.32 Å². The molecular formula is C10H17N3. The zero-order valence-corrected chi connectivity index (χ0v) is 8.35. The summed E-state index contributed by atoms with van der Waals surface area (Å²) in [6.45, 7) is 6.46. The van der Waals surface area contributed by atoms with E-state index in [0.29, 0.717) is 0 Å². The summed E-state index contributed by atoms with van der Waals surface area (Å²) in [7, 11) is 0. The van der Waals surface area contributed by atoms with Crippen molar-refractivity contribution in [2.75, 3.05) is 13.1 Å². The first kappa shape index (κ1) is 8.75. The molecule has 3 heteroatoms. The first-order valence-electron chi connectivity index (χ1n) is 4.98. The van der Waals surface area contributed by atoms with Gasteiger partial charge in [-0.15, -0.1) is 0 Å². The van der Waals surface area contributed by atoms with Crippen LogP contribution >= 0.6 is 0 Å². The minimum Gasteiger partial charge on any atom is -0.346 e. The molecule has 1 aliphatic heterocycles. The molecule has 2 rings (SSSR count). The molecule has 0 aromatic carbocycles. The molecule has 13 heavy (non-hydrogen) atoms. The van der Waals surface area contributed by atoms with E-state index in [0.717, 1.165) is 24.7 Å². The lowest BCUT2D eigenvalue weighted by Gasteiger charge is -2.05. The molecule has 0 amide bonds. The number of aryl methyl sites for hydroxylation is 2. The first-order chi connectivity index (χ1) is 6.25. The second kappa shape index (κ2) is 3.50. The summed E-state index contributed by atoms with van der Waals surface area (Å²) in [5.41, 5.74) is 2.50. The number of H-pyrrole nitrogens is 1. The fraction of sp³-hybridized carbons (Fsp3) is 0.700. The molecule has 1 saturated heterocycles. The summed E-state index contributed by atoms with van der Waals surface area (Å²) in [4.78, 5) is 7.74. The average Bonchev–Trinajstić information content (AvgIpc) is 2.63. The van der Waals surface area contributed by atoms with E-state index >= 15 is 0 Å². The number of nitrogens with one attached hydrogen (secondary N) is 2. The molecule has 1 fully saturated rings. The molecule has 1 aliphatic rings. The van der Waals surface area contributed by atoms with Gasteiger partial charge in [0.25, 0.3) is 0 Å². The highest BCUT2D eigenvalue weighted by Crippen LogP contribution is 2.16. The van der Waals surface area contributed by atoms with Crippen molar-refractivity contribution in [3.05, 3.63) is 17.2 Å². The molecular weight excluding hydrogens is 162 g/mol. The van der Waals surface area contributed by atoms with Gasteiger partial charge in [0.1, 0.15) is 5.82 Å². The Labute approximate surface area is 79.0 Å². The van der Waals surface area contributed by atoms with Gasteiger partial charge in [-0.3, -0.25) is 0 Å². The molecule has 2 heterocycles. The van der Waals surface area contributed by atoms with Crippen molar-refractivity contribution in [3.63, 3.8) is 0 Å². The van der Waals surface area contributed by atoms with E-state index in [1.165, 1.54) is 24.4 Å². The maximum Gasteiger partial charge on any atom is 0.103 e. The highest BCUT2D eigenvalue weighted by atomic mass is 14.9. The third-order valence-electron chi connectivity index (χ3n) is 2.75. The highest BCUT2D eigenvalue weighted by molar-refractivity contribution is 5.13. The molecule has 72 valence electrons. The first-order valence-corrected chi connectivity index (χ1v) is 4.98. The van der Waals surface area contributed by atoms with Crippen molar-refractivity contribution in [1.29, 1.82) is 0 Å². The van der Waals surface area contributed by atoms with Gasteiger partial charge in [0.15, 0.2) is 0 Å². The van der Waals surface area contributed by atoms with Crippen molar-refractivity contribution in [2.24, 2.45) is 5.92 Å². The van der Waals surface area contributed by atoms with Crippen LogP contribution in [0, 0.1) is 19.8 Å². The Kier molecular flexibility index (Phi) is 2.36. The van der Waals surface area contributed by atoms with Crippen molar-refractivity contribution in [1.82, 2.24) is 15.3 Å². The Bertz CT molecular complexity index is 284. The van der Waals surface area contributed by atoms with Gasteiger partial charge in [-0.2, -0.15) is 0 Å². The average molecular weight is 179 g/mol. The lowest BCUT2D eigenvalue weighted by atomic mass is 10.0. The van der Waals surface area contributed by atoms with Crippen LogP contribution in [0.1, 0.15) is 23.6 Å². The van der Waals surface area contributed by atoms with E-state index in [9.17, 15) is 0 Å². The van der Waals surface area contributed by atoms with E-state index in [4.69, 9.17) is 0 Å². The molecule has 2 N–H and O–H groups in total. The largest absolute Gasteiger partial charge is 0.346 e. The van der Waals surface area contributed by atoms with Crippen molar-refractivity contribution in [2.45, 2.75) is 26.7 Å². The second-order valence-corrected chi connectivity index (χ2v) is 3.96. The van der Waals surface area contributed by atoms with Gasteiger partial charge in [-0.1, -0.05) is 0 Å². The van der Waals surface area contributed by atoms with Gasteiger partial charge < -0.3 is 10.3 Å². The molecule has 0 saturated carbocycles. The van der Waals surface area contributed by atoms with Crippen LogP contribution in [0.5, 0.6) is 0 Å². The molecule has 1 aromatic rings. The van der Waals surface area contributed by atoms with Gasteiger partial charge in [0.05, 0.1) is 5.69 Å². The van der Waals surface area contributed by atoms with Gasteiger partial charge in [0.2, 0.25) is 0 Å². The topological polar surface area (TPSA) is 40.7 Å². The van der Waals surface area contributed by atoms with Gasteiger partial charge in [-0.05, 0) is 45.7 Å². The standard InChI is InChI=1S/C10H17N3/c1-7-10(13-8(2)12-7)5-9-3-4-11-6-9/h9,11H,3-6H2,1-2H3,(H,12,13). The fourth-order valence-electron chi connectivity index (χ4n) is 2.02. The molecule has 1 atom stereocenters. The molecule has 3 nitrogen and oxygen atoms in total. The minimum atomic E-state index is 0.793. The van der Waals surface area contributed by atoms with Gasteiger partial charge >= 0.3 is 0 Å². The van der Waals surface area contributed by atoms with Crippen LogP contribution in [-0.4, -0.2) is 23.1 Å². The quantitative estimate of drug-likeness (QED) is 0.715. The summed E-state index contributed by atoms with van der Waals surface area (Å²) in [5.74, 6) is 1.83. The Morgan fingerprint density at radius 1 is 1.46 bits per heavy atom. The zero-order valence-electron chi connectivity index (χ0n) is 8.35. The SMILES string of the molecule is Cc1nc(CC2CCNC2)c(C)[nH]1. The van der Waals surface area contributed by atoms with Crippen LogP contribution in [0.2, 0.25) is 0 Å². The van der Waals surface area contributed by atoms with E-state index < -0.39 is 0 Å². The number of hydrogen-bond acceptors (Lipinski definition) is 2. The molecule has 1 aromatic heterocycles. The van der Waals surface area contributed by atoms with Crippen LogP contribution in [0.15, 0.2) is 0 Å². The highest BCUT2D eigenvalue weighted by Gasteiger charge is 2.17. The van der Waals surface area contributed by atoms with Crippen LogP contribution in [0.25, 0.3) is 0 Å². The lowest BCUT2D eigenvalue weighted by Crippen LogP contribution is -2.11. The number of hydrogen-bond donors (Lipinski definition) is 2. The summed E-state index contributed by atoms with van der Waals surface area (Å²) < 4.78 is 0. The molecule has 0 spiro atoms. The molecule has 0 radical (unpaired) electrons. The van der Waals surface area contributed by atoms with Gasteiger partial charge in [-0.25, -0.2) is 4.98 Å². The molecule has 0 bridgehead atoms. The number of nitrogens with zero attached hydrogens (tertiary/aromatic N) is 1. The Hall–Kier alpha value is -0.830. The Morgan fingerprint density at radius 2 is 2.31 bits per heavy atom. The van der Waals surface area contributed by atoms with Crippen molar-refractivity contribution >= 4 is 0 Å². The van der Waals surface area contributed by atoms with Gasteiger partial charge in [0, 0.05) is 5.69 Å². The second-order valence-electron chi connectivity index (χ2n) is 3.96. The maximum atomic E-state index is 4.49. The maximum absolute atomic E-state index is 4.49. The monoisotopic (exact) mass is 179 g/mol. The molecule has 0 aliphatic carbocycles. The van der Waals surface area contributed by atoms with Crippen molar-refractivity contribution in [3.8, 4) is 0 Å². The predicted molar refractivity (Wildman–Crippen MR) is 52.7 cm³/mol. The number of aromatic nitrogens is 2. The summed E-state index contributed by atoms with van der Waals surface area (Å²) in [6, 6.07) is 0. The number of aromatic amines is 1. The fourth-order valence-corrected chi connectivity index (χ4v) is 2.02. The zero-order chi connectivity index (χ0) is 9.26. The van der Waals surface area contributed by atoms with E-state index in [1.807, 2.05) is 6.92 Å². The smallest absolute Gasteiger partial charge is 0.103 e.